The van der Waals surface area contributed by atoms with Crippen molar-refractivity contribution in [3.63, 3.8) is 0 Å². The van der Waals surface area contributed by atoms with Crippen LogP contribution in [0.3, 0.4) is 0 Å². The largest absolute Gasteiger partial charge is 0.616 e. The van der Waals surface area contributed by atoms with E-state index in [-0.39, 0.29) is 16.7 Å². The van der Waals surface area contributed by atoms with Crippen LogP contribution in [-0.2, 0) is 23.7 Å². The van der Waals surface area contributed by atoms with Gasteiger partial charge in [-0.05, 0) is 76.3 Å². The van der Waals surface area contributed by atoms with E-state index in [0.29, 0.717) is 52.1 Å². The number of hydrogen-bond acceptors (Lipinski definition) is 14. The second-order valence-electron chi connectivity index (χ2n) is 16.2. The molecule has 0 bridgehead atoms. The molecule has 6 aromatic heterocycles. The molecular weight excluding hydrogens is 769 g/mol. The van der Waals surface area contributed by atoms with Crippen molar-refractivity contribution in [3.8, 4) is 23.3 Å². The Labute approximate surface area is 354 Å². The van der Waals surface area contributed by atoms with Crippen molar-refractivity contribution >= 4 is 34.0 Å². The molecule has 8 aromatic rings. The lowest BCUT2D eigenvalue weighted by molar-refractivity contribution is -0.611. The Bertz CT molecular complexity index is 2690. The number of anilines is 2. The number of pyridine rings is 2. The number of ether oxygens (including phenoxy) is 2. The van der Waals surface area contributed by atoms with Gasteiger partial charge in [0.2, 0.25) is 5.88 Å². The molecule has 0 fully saturated rings. The van der Waals surface area contributed by atoms with Crippen LogP contribution in [0.25, 0.3) is 22.3 Å². The van der Waals surface area contributed by atoms with E-state index in [1.54, 1.807) is 37.1 Å². The Morgan fingerprint density at radius 3 is 1.54 bits per heavy atom. The standard InChI is InChI=1S/C23H24N6O2.C23H24N6O/c1-23(2,3)17-9-13-29(30)19(14-17)31-18-6-4-16(5-7-18)8-10-25-21-20-22(28-15-27-21)26-12-11-24-20;1-23(2,3)17-9-11-24-19(14-17)30-18-6-4-16(5-7-18)8-10-26-21-20-22(29-15-28-21)27-13-12-25-20/h4-7,9,11-15H,8,10H2,1-3H3,(H,25,26,27,28);4-7,9,11-15H,8,10H2,1-3H3,(H,26,27,28,29). The minimum absolute atomic E-state index is 0.0541. The van der Waals surface area contributed by atoms with Crippen molar-refractivity contribution in [2.45, 2.75) is 65.2 Å². The third-order valence-electron chi connectivity index (χ3n) is 9.60. The topological polar surface area (TPSA) is 185 Å². The maximum atomic E-state index is 12.1. The van der Waals surface area contributed by atoms with E-state index >= 15 is 0 Å². The molecule has 0 saturated heterocycles. The average Bonchev–Trinajstić information content (AvgIpc) is 3.25. The molecule has 0 unspecified atom stereocenters. The van der Waals surface area contributed by atoms with Crippen LogP contribution in [-0.4, -0.2) is 57.9 Å². The van der Waals surface area contributed by atoms with Crippen LogP contribution in [0.5, 0.6) is 23.3 Å². The van der Waals surface area contributed by atoms with Crippen molar-refractivity contribution in [1.82, 2.24) is 44.9 Å². The average molecular weight is 817 g/mol. The van der Waals surface area contributed by atoms with E-state index in [9.17, 15) is 5.21 Å². The minimum Gasteiger partial charge on any atom is -0.616 e. The molecule has 2 aromatic carbocycles. The summed E-state index contributed by atoms with van der Waals surface area (Å²) < 4.78 is 12.5. The highest BCUT2D eigenvalue weighted by Crippen LogP contribution is 2.28. The summed E-state index contributed by atoms with van der Waals surface area (Å²) >= 11 is 0. The van der Waals surface area contributed by atoms with Crippen molar-refractivity contribution in [1.29, 1.82) is 0 Å². The van der Waals surface area contributed by atoms with Gasteiger partial charge in [-0.3, -0.25) is 0 Å². The summed E-state index contributed by atoms with van der Waals surface area (Å²) in [5, 5.41) is 18.7. The number of fused-ring (bicyclic) bond motifs is 2. The Kier molecular flexibility index (Phi) is 12.8. The highest BCUT2D eigenvalue weighted by molar-refractivity contribution is 5.82. The third-order valence-corrected chi connectivity index (χ3v) is 9.60. The molecule has 8 rings (SSSR count). The molecule has 61 heavy (non-hydrogen) atoms. The molecule has 6 heterocycles. The molecule has 0 spiro atoms. The zero-order chi connectivity index (χ0) is 42.8. The summed E-state index contributed by atoms with van der Waals surface area (Å²) in [6.45, 7) is 14.2. The molecule has 15 heteroatoms. The van der Waals surface area contributed by atoms with E-state index in [1.165, 1.54) is 30.0 Å². The predicted molar refractivity (Wildman–Crippen MR) is 235 cm³/mol. The van der Waals surface area contributed by atoms with Gasteiger partial charge in [-0.25, -0.2) is 44.9 Å². The summed E-state index contributed by atoms with van der Waals surface area (Å²) in [5.41, 5.74) is 7.01. The number of aromatic nitrogens is 10. The first-order valence-corrected chi connectivity index (χ1v) is 19.9. The zero-order valence-electron chi connectivity index (χ0n) is 35.1. The fourth-order valence-corrected chi connectivity index (χ4v) is 6.13. The number of rotatable bonds is 12. The lowest BCUT2D eigenvalue weighted by Gasteiger charge is -2.19. The van der Waals surface area contributed by atoms with Gasteiger partial charge in [-0.1, -0.05) is 65.8 Å². The monoisotopic (exact) mass is 816 g/mol. The molecule has 0 aliphatic carbocycles. The second kappa shape index (κ2) is 18.7. The molecule has 0 saturated carbocycles. The molecule has 15 nitrogen and oxygen atoms in total. The quantitative estimate of drug-likeness (QED) is 0.0885. The summed E-state index contributed by atoms with van der Waals surface area (Å²) in [5.74, 6) is 3.61. The Hall–Kier alpha value is -7.42. The van der Waals surface area contributed by atoms with Gasteiger partial charge in [0.05, 0.1) is 6.07 Å². The first kappa shape index (κ1) is 41.7. The molecule has 0 amide bonds. The van der Waals surface area contributed by atoms with Gasteiger partial charge in [0.1, 0.15) is 35.2 Å². The lowest BCUT2D eigenvalue weighted by atomic mass is 9.88. The maximum absolute atomic E-state index is 12.1. The molecule has 0 radical (unpaired) electrons. The van der Waals surface area contributed by atoms with Crippen LogP contribution in [0.15, 0.2) is 123 Å². The van der Waals surface area contributed by atoms with Crippen LogP contribution in [0.1, 0.15) is 63.8 Å². The van der Waals surface area contributed by atoms with E-state index in [1.807, 2.05) is 54.6 Å². The molecule has 0 atom stereocenters. The summed E-state index contributed by atoms with van der Waals surface area (Å²) in [4.78, 5) is 38.1. The van der Waals surface area contributed by atoms with Crippen LogP contribution >= 0.6 is 0 Å². The minimum atomic E-state index is -0.0657. The molecule has 0 aliphatic heterocycles. The van der Waals surface area contributed by atoms with E-state index < -0.39 is 0 Å². The highest BCUT2D eigenvalue weighted by Gasteiger charge is 2.19. The summed E-state index contributed by atoms with van der Waals surface area (Å²) in [7, 11) is 0. The molecular formula is C46H48N12O3. The van der Waals surface area contributed by atoms with Gasteiger partial charge in [0.25, 0.3) is 0 Å². The van der Waals surface area contributed by atoms with Crippen molar-refractivity contribution in [3.05, 3.63) is 150 Å². The first-order chi connectivity index (χ1) is 29.4. The fraction of sp³-hybridized carbons (Fsp3) is 0.261. The number of nitrogens with one attached hydrogen (secondary N) is 2. The SMILES string of the molecule is CC(C)(C)c1cc[n+]([O-])c(Oc2ccc(CCNc3ncnc4nccnc34)cc2)c1.CC(C)(C)c1ccnc(Oc2ccc(CCNc3ncnc4nccnc34)cc2)c1. The van der Waals surface area contributed by atoms with Gasteiger partial charge in [-0.2, -0.15) is 0 Å². The lowest BCUT2D eigenvalue weighted by Crippen LogP contribution is -2.28. The molecule has 0 aliphatic rings. The zero-order valence-corrected chi connectivity index (χ0v) is 35.1. The Morgan fingerprint density at radius 2 is 1.02 bits per heavy atom. The van der Waals surface area contributed by atoms with Crippen LogP contribution in [0.4, 0.5) is 11.6 Å². The van der Waals surface area contributed by atoms with E-state index in [0.717, 1.165) is 41.0 Å². The van der Waals surface area contributed by atoms with Crippen molar-refractivity contribution < 1.29 is 14.2 Å². The normalized spacial score (nSPS) is 11.4. The Balaban J connectivity index is 0.000000184. The number of benzene rings is 2. The van der Waals surface area contributed by atoms with Crippen LogP contribution in [0, 0.1) is 5.21 Å². The van der Waals surface area contributed by atoms with Crippen molar-refractivity contribution in [2.75, 3.05) is 23.7 Å². The fourth-order valence-electron chi connectivity index (χ4n) is 6.13. The van der Waals surface area contributed by atoms with E-state index in [4.69, 9.17) is 9.47 Å². The summed E-state index contributed by atoms with van der Waals surface area (Å²) in [6.07, 6.45) is 14.4. The predicted octanol–water partition coefficient (Wildman–Crippen LogP) is 8.36. The molecule has 2 N–H and O–H groups in total. The van der Waals surface area contributed by atoms with Gasteiger partial charge >= 0.3 is 5.88 Å². The number of nitrogens with zero attached hydrogens (tertiary/aromatic N) is 10. The van der Waals surface area contributed by atoms with Gasteiger partial charge < -0.3 is 25.3 Å². The smallest absolute Gasteiger partial charge is 0.385 e. The molecule has 310 valence electrons. The van der Waals surface area contributed by atoms with Gasteiger partial charge in [0, 0.05) is 56.2 Å². The van der Waals surface area contributed by atoms with Crippen molar-refractivity contribution in [2.24, 2.45) is 0 Å². The van der Waals surface area contributed by atoms with Gasteiger partial charge in [-0.15, -0.1) is 4.73 Å². The maximum Gasteiger partial charge on any atom is 0.385 e. The van der Waals surface area contributed by atoms with Crippen LogP contribution in [0.2, 0.25) is 0 Å². The second-order valence-corrected chi connectivity index (χ2v) is 16.2. The Morgan fingerprint density at radius 1 is 0.525 bits per heavy atom. The number of hydrogen-bond donors (Lipinski definition) is 2. The first-order valence-electron chi connectivity index (χ1n) is 19.9. The third kappa shape index (κ3) is 11.2. The van der Waals surface area contributed by atoms with Crippen LogP contribution < -0.4 is 24.8 Å². The van der Waals surface area contributed by atoms with E-state index in [2.05, 4.69) is 109 Å². The van der Waals surface area contributed by atoms with Gasteiger partial charge in [0.15, 0.2) is 29.1 Å². The highest BCUT2D eigenvalue weighted by atomic mass is 16.6. The summed E-state index contributed by atoms with van der Waals surface area (Å²) in [6, 6.07) is 23.4.